The fourth-order valence-electron chi connectivity index (χ4n) is 1.94. The first kappa shape index (κ1) is 13.5. The Kier molecular flexibility index (Phi) is 3.74. The van der Waals surface area contributed by atoms with Crippen LogP contribution in [0.15, 0.2) is 11.1 Å². The van der Waals surface area contributed by atoms with Crippen molar-refractivity contribution >= 4 is 6.08 Å². The average molecular weight is 233 g/mol. The van der Waals surface area contributed by atoms with Crippen LogP contribution in [-0.4, -0.2) is 11.2 Å². The smallest absolute Gasteiger partial charge is 0.235 e. The molecule has 0 bridgehead atoms. The number of hydrogen-bond acceptors (Lipinski definition) is 3. The summed E-state index contributed by atoms with van der Waals surface area (Å²) in [7, 11) is 0. The van der Waals surface area contributed by atoms with Gasteiger partial charge in [0.25, 0.3) is 0 Å². The maximum absolute atomic E-state index is 10.2. The molecular weight excluding hydrogens is 214 g/mol. The summed E-state index contributed by atoms with van der Waals surface area (Å²) >= 11 is 0. The highest BCUT2D eigenvalue weighted by atomic mass is 16.3. The van der Waals surface area contributed by atoms with E-state index in [9.17, 15) is 9.90 Å². The lowest BCUT2D eigenvalue weighted by atomic mass is 9.83. The molecule has 92 valence electrons. The third-order valence-corrected chi connectivity index (χ3v) is 3.01. The Labute approximate surface area is 102 Å². The largest absolute Gasteiger partial charge is 0.507 e. The predicted octanol–water partition coefficient (Wildman–Crippen LogP) is 3.14. The molecule has 0 saturated heterocycles. The van der Waals surface area contributed by atoms with Gasteiger partial charge in [0.2, 0.25) is 6.08 Å². The zero-order valence-corrected chi connectivity index (χ0v) is 11.1. The van der Waals surface area contributed by atoms with Crippen molar-refractivity contribution in [2.45, 2.75) is 46.6 Å². The summed E-state index contributed by atoms with van der Waals surface area (Å²) in [6.07, 6.45) is 1.53. The Balaban J connectivity index is 3.41. The van der Waals surface area contributed by atoms with Crippen LogP contribution < -0.4 is 0 Å². The van der Waals surface area contributed by atoms with Crippen LogP contribution in [0.3, 0.4) is 0 Å². The molecule has 0 saturated carbocycles. The molecule has 0 atom stereocenters. The van der Waals surface area contributed by atoms with Gasteiger partial charge in [-0.1, -0.05) is 26.8 Å². The van der Waals surface area contributed by atoms with Crippen LogP contribution in [0.4, 0.5) is 0 Å². The van der Waals surface area contributed by atoms with E-state index in [0.717, 1.165) is 22.3 Å². The van der Waals surface area contributed by atoms with Gasteiger partial charge in [0.05, 0.1) is 6.54 Å². The molecule has 3 heteroatoms. The number of nitrogens with zero attached hydrogens (tertiary/aromatic N) is 1. The average Bonchev–Trinajstić information content (AvgIpc) is 2.22. The van der Waals surface area contributed by atoms with Gasteiger partial charge in [0.1, 0.15) is 5.75 Å². The first-order valence-corrected chi connectivity index (χ1v) is 5.65. The summed E-state index contributed by atoms with van der Waals surface area (Å²) in [4.78, 5) is 13.7. The molecule has 0 aromatic heterocycles. The summed E-state index contributed by atoms with van der Waals surface area (Å²) in [5.41, 5.74) is 3.56. The van der Waals surface area contributed by atoms with Crippen molar-refractivity contribution < 1.29 is 9.90 Å². The summed E-state index contributed by atoms with van der Waals surface area (Å²) < 4.78 is 0. The van der Waals surface area contributed by atoms with Crippen LogP contribution in [0.2, 0.25) is 0 Å². The van der Waals surface area contributed by atoms with E-state index in [1.165, 1.54) is 6.08 Å². The highest BCUT2D eigenvalue weighted by Crippen LogP contribution is 2.36. The van der Waals surface area contributed by atoms with E-state index >= 15 is 0 Å². The SMILES string of the molecule is Cc1cc(C(C)(C)C)c(O)c(C)c1CN=C=O. The van der Waals surface area contributed by atoms with E-state index < -0.39 is 0 Å². The van der Waals surface area contributed by atoms with Crippen LogP contribution in [0.1, 0.15) is 43.0 Å². The number of hydrogen-bond donors (Lipinski definition) is 1. The number of carbonyl (C=O) groups excluding carboxylic acids is 1. The number of phenolic OH excluding ortho intramolecular Hbond substituents is 1. The molecule has 0 unspecified atom stereocenters. The number of aliphatic imine (C=N–C) groups is 1. The topological polar surface area (TPSA) is 49.7 Å². The first-order chi connectivity index (χ1) is 7.79. The van der Waals surface area contributed by atoms with Crippen molar-refractivity contribution in [3.05, 3.63) is 28.3 Å². The van der Waals surface area contributed by atoms with Crippen molar-refractivity contribution in [1.29, 1.82) is 0 Å². The molecule has 17 heavy (non-hydrogen) atoms. The van der Waals surface area contributed by atoms with E-state index in [1.807, 2.05) is 19.9 Å². The first-order valence-electron chi connectivity index (χ1n) is 5.65. The summed E-state index contributed by atoms with van der Waals surface area (Å²) in [6, 6.07) is 1.97. The third-order valence-electron chi connectivity index (χ3n) is 3.01. The number of rotatable bonds is 2. The van der Waals surface area contributed by atoms with Crippen LogP contribution in [0.5, 0.6) is 5.75 Å². The second-order valence-electron chi connectivity index (χ2n) is 5.35. The second-order valence-corrected chi connectivity index (χ2v) is 5.35. The van der Waals surface area contributed by atoms with Crippen molar-refractivity contribution in [3.8, 4) is 5.75 Å². The third kappa shape index (κ3) is 2.75. The molecule has 0 aliphatic rings. The highest BCUT2D eigenvalue weighted by molar-refractivity contribution is 5.51. The van der Waals surface area contributed by atoms with Crippen LogP contribution in [0, 0.1) is 13.8 Å². The van der Waals surface area contributed by atoms with Crippen LogP contribution >= 0.6 is 0 Å². The molecule has 0 aliphatic heterocycles. The van der Waals surface area contributed by atoms with Gasteiger partial charge in [-0.3, -0.25) is 0 Å². The summed E-state index contributed by atoms with van der Waals surface area (Å²) in [6.45, 7) is 10.3. The van der Waals surface area contributed by atoms with E-state index in [1.54, 1.807) is 0 Å². The van der Waals surface area contributed by atoms with Crippen molar-refractivity contribution in [3.63, 3.8) is 0 Å². The monoisotopic (exact) mass is 233 g/mol. The Morgan fingerprint density at radius 1 is 1.35 bits per heavy atom. The van der Waals surface area contributed by atoms with Crippen molar-refractivity contribution in [2.24, 2.45) is 4.99 Å². The minimum atomic E-state index is -0.105. The Morgan fingerprint density at radius 2 is 1.94 bits per heavy atom. The van der Waals surface area contributed by atoms with Crippen molar-refractivity contribution in [2.75, 3.05) is 0 Å². The molecule has 0 fully saturated rings. The molecule has 1 rings (SSSR count). The van der Waals surface area contributed by atoms with E-state index in [-0.39, 0.29) is 12.0 Å². The molecule has 1 aromatic rings. The van der Waals surface area contributed by atoms with Gasteiger partial charge in [-0.2, -0.15) is 0 Å². The van der Waals surface area contributed by atoms with E-state index in [2.05, 4.69) is 25.8 Å². The fourth-order valence-corrected chi connectivity index (χ4v) is 1.94. The minimum Gasteiger partial charge on any atom is -0.507 e. The quantitative estimate of drug-likeness (QED) is 0.630. The number of phenols is 1. The maximum Gasteiger partial charge on any atom is 0.235 e. The lowest BCUT2D eigenvalue weighted by molar-refractivity contribution is 0.441. The zero-order chi connectivity index (χ0) is 13.2. The van der Waals surface area contributed by atoms with E-state index in [4.69, 9.17) is 0 Å². The molecule has 0 radical (unpaired) electrons. The Bertz CT molecular complexity index is 478. The lowest BCUT2D eigenvalue weighted by Gasteiger charge is -2.23. The molecule has 0 amide bonds. The Hall–Kier alpha value is -1.60. The van der Waals surface area contributed by atoms with Gasteiger partial charge in [-0.15, -0.1) is 0 Å². The minimum absolute atomic E-state index is 0.105. The molecule has 1 aromatic carbocycles. The van der Waals surface area contributed by atoms with Crippen LogP contribution in [0.25, 0.3) is 0 Å². The standard InChI is InChI=1S/C14H19NO2/c1-9-6-12(14(3,4)5)13(17)10(2)11(9)7-15-8-16/h6,17H,7H2,1-5H3. The van der Waals surface area contributed by atoms with Gasteiger partial charge < -0.3 is 5.11 Å². The van der Waals surface area contributed by atoms with Gasteiger partial charge in [0, 0.05) is 0 Å². The van der Waals surface area contributed by atoms with Crippen molar-refractivity contribution in [1.82, 2.24) is 0 Å². The molecule has 0 spiro atoms. The van der Waals surface area contributed by atoms with Gasteiger partial charge in [-0.25, -0.2) is 9.79 Å². The van der Waals surface area contributed by atoms with Crippen LogP contribution in [-0.2, 0) is 16.8 Å². The molecule has 0 heterocycles. The zero-order valence-electron chi connectivity index (χ0n) is 11.1. The van der Waals surface area contributed by atoms with Gasteiger partial charge in [-0.05, 0) is 41.5 Å². The number of aromatic hydroxyl groups is 1. The molecule has 0 aliphatic carbocycles. The maximum atomic E-state index is 10.2. The normalized spacial score (nSPS) is 11.1. The molecular formula is C14H19NO2. The Morgan fingerprint density at radius 3 is 2.41 bits per heavy atom. The van der Waals surface area contributed by atoms with Gasteiger partial charge >= 0.3 is 0 Å². The number of isocyanates is 1. The van der Waals surface area contributed by atoms with Gasteiger partial charge in [0.15, 0.2) is 0 Å². The lowest BCUT2D eigenvalue weighted by Crippen LogP contribution is -2.13. The second kappa shape index (κ2) is 4.72. The van der Waals surface area contributed by atoms with E-state index in [0.29, 0.717) is 5.75 Å². The molecule has 1 N–H and O–H groups in total. The number of benzene rings is 1. The summed E-state index contributed by atoms with van der Waals surface area (Å²) in [5.74, 6) is 0.305. The number of aryl methyl sites for hydroxylation is 1. The predicted molar refractivity (Wildman–Crippen MR) is 68.1 cm³/mol. The summed E-state index contributed by atoms with van der Waals surface area (Å²) in [5, 5.41) is 10.2. The highest BCUT2D eigenvalue weighted by Gasteiger charge is 2.21. The molecule has 3 nitrogen and oxygen atoms in total. The fraction of sp³-hybridized carbons (Fsp3) is 0.500.